The quantitative estimate of drug-likeness (QED) is 0.865. The smallest absolute Gasteiger partial charge is 0.419 e. The molecule has 23 heavy (non-hydrogen) atoms. The van der Waals surface area contributed by atoms with Crippen molar-refractivity contribution in [3.63, 3.8) is 0 Å². The maximum atomic E-state index is 12.6. The second-order valence-electron chi connectivity index (χ2n) is 4.82. The molecule has 0 saturated heterocycles. The first-order chi connectivity index (χ1) is 10.8. The topological polar surface area (TPSA) is 47.4 Å². The van der Waals surface area contributed by atoms with Crippen LogP contribution in [-0.2, 0) is 12.7 Å². The summed E-state index contributed by atoms with van der Waals surface area (Å²) in [5.41, 5.74) is -0.147. The van der Waals surface area contributed by atoms with E-state index in [4.69, 9.17) is 4.74 Å². The molecule has 1 aromatic heterocycles. The largest absolute Gasteiger partial charge is 0.497 e. The Morgan fingerprint density at radius 1 is 1.39 bits per heavy atom. The van der Waals surface area contributed by atoms with E-state index in [-0.39, 0.29) is 6.54 Å². The fourth-order valence-electron chi connectivity index (χ4n) is 2.02. The predicted molar refractivity (Wildman–Crippen MR) is 77.1 cm³/mol. The predicted octanol–water partition coefficient (Wildman–Crippen LogP) is 3.40. The number of ether oxygens (including phenoxy) is 1. The van der Waals surface area contributed by atoms with Gasteiger partial charge in [-0.3, -0.25) is 0 Å². The second-order valence-corrected chi connectivity index (χ2v) is 4.82. The minimum atomic E-state index is -4.53. The van der Waals surface area contributed by atoms with Gasteiger partial charge in [-0.1, -0.05) is 12.1 Å². The van der Waals surface area contributed by atoms with Crippen molar-refractivity contribution >= 4 is 6.03 Å². The molecule has 1 amide bonds. The van der Waals surface area contributed by atoms with E-state index in [9.17, 15) is 18.0 Å². The van der Waals surface area contributed by atoms with Gasteiger partial charge in [-0.25, -0.2) is 4.79 Å². The lowest BCUT2D eigenvalue weighted by atomic mass is 10.2. The maximum absolute atomic E-state index is 12.6. The van der Waals surface area contributed by atoms with Crippen LogP contribution in [0.15, 0.2) is 36.7 Å². The number of alkyl halides is 3. The molecule has 0 N–H and O–H groups in total. The van der Waals surface area contributed by atoms with Gasteiger partial charge >= 0.3 is 12.2 Å². The molecule has 2 aromatic rings. The number of aromatic nitrogens is 2. The van der Waals surface area contributed by atoms with Crippen molar-refractivity contribution in [1.82, 2.24) is 14.7 Å². The fourth-order valence-corrected chi connectivity index (χ4v) is 2.02. The number of carbonyl (C=O) groups is 1. The van der Waals surface area contributed by atoms with Gasteiger partial charge in [-0.15, -0.1) is 0 Å². The molecule has 5 nitrogen and oxygen atoms in total. The van der Waals surface area contributed by atoms with Crippen molar-refractivity contribution in [3.8, 4) is 5.75 Å². The molecule has 0 aliphatic rings. The van der Waals surface area contributed by atoms with Crippen molar-refractivity contribution < 1.29 is 22.7 Å². The number of hydrogen-bond donors (Lipinski definition) is 0. The average molecular weight is 327 g/mol. The highest BCUT2D eigenvalue weighted by molar-refractivity contribution is 5.76. The zero-order valence-electron chi connectivity index (χ0n) is 12.7. The molecule has 8 heteroatoms. The number of benzene rings is 1. The van der Waals surface area contributed by atoms with Crippen LogP contribution in [0.1, 0.15) is 18.1 Å². The van der Waals surface area contributed by atoms with Gasteiger partial charge < -0.3 is 9.64 Å². The summed E-state index contributed by atoms with van der Waals surface area (Å²) in [5.74, 6) is 0.643. The van der Waals surface area contributed by atoms with Crippen LogP contribution in [0.2, 0.25) is 0 Å². The van der Waals surface area contributed by atoms with Crippen LogP contribution in [0.25, 0.3) is 0 Å². The van der Waals surface area contributed by atoms with Crippen LogP contribution in [0.5, 0.6) is 5.75 Å². The summed E-state index contributed by atoms with van der Waals surface area (Å²) >= 11 is 0. The number of amides is 1. The molecule has 0 fully saturated rings. The lowest BCUT2D eigenvalue weighted by Crippen LogP contribution is -2.34. The van der Waals surface area contributed by atoms with E-state index in [0.717, 1.165) is 5.56 Å². The number of rotatable bonds is 4. The van der Waals surface area contributed by atoms with Gasteiger partial charge in [0.1, 0.15) is 5.75 Å². The number of hydrogen-bond acceptors (Lipinski definition) is 3. The molecular weight excluding hydrogens is 311 g/mol. The van der Waals surface area contributed by atoms with Crippen LogP contribution < -0.4 is 4.74 Å². The molecule has 124 valence electrons. The summed E-state index contributed by atoms with van der Waals surface area (Å²) in [6.07, 6.45) is -3.20. The van der Waals surface area contributed by atoms with Gasteiger partial charge in [-0.05, 0) is 24.6 Å². The molecular formula is C15H16F3N3O2. The zero-order chi connectivity index (χ0) is 17.0. The molecule has 0 aliphatic carbocycles. The molecule has 0 saturated carbocycles. The summed E-state index contributed by atoms with van der Waals surface area (Å²) in [5, 5.41) is 3.51. The monoisotopic (exact) mass is 327 g/mol. The number of halogens is 3. The summed E-state index contributed by atoms with van der Waals surface area (Å²) in [6, 6.07) is 6.50. The van der Waals surface area contributed by atoms with E-state index in [1.165, 1.54) is 12.0 Å². The minimum absolute atomic E-state index is 0.244. The van der Waals surface area contributed by atoms with Gasteiger partial charge in [0.15, 0.2) is 0 Å². The highest BCUT2D eigenvalue weighted by Crippen LogP contribution is 2.28. The van der Waals surface area contributed by atoms with Gasteiger partial charge in [0, 0.05) is 19.3 Å². The Kier molecular flexibility index (Phi) is 4.92. The van der Waals surface area contributed by atoms with Gasteiger partial charge in [0.2, 0.25) is 0 Å². The number of methoxy groups -OCH3 is 1. The minimum Gasteiger partial charge on any atom is -0.497 e. The Bertz CT molecular complexity index is 683. The molecule has 0 bridgehead atoms. The Labute approximate surface area is 131 Å². The van der Waals surface area contributed by atoms with Gasteiger partial charge in [0.05, 0.1) is 18.9 Å². The van der Waals surface area contributed by atoms with E-state index in [0.29, 0.717) is 29.4 Å². The third-order valence-corrected chi connectivity index (χ3v) is 3.27. The lowest BCUT2D eigenvalue weighted by Gasteiger charge is -2.20. The van der Waals surface area contributed by atoms with Crippen LogP contribution in [0.4, 0.5) is 18.0 Å². The van der Waals surface area contributed by atoms with E-state index in [1.54, 1.807) is 25.1 Å². The normalized spacial score (nSPS) is 11.3. The Morgan fingerprint density at radius 3 is 2.70 bits per heavy atom. The molecule has 0 spiro atoms. The molecule has 1 aromatic carbocycles. The molecule has 0 unspecified atom stereocenters. The summed E-state index contributed by atoms with van der Waals surface area (Å²) in [4.78, 5) is 13.7. The van der Waals surface area contributed by atoms with Crippen molar-refractivity contribution in [2.24, 2.45) is 0 Å². The average Bonchev–Trinajstić information content (AvgIpc) is 3.02. The van der Waals surface area contributed by atoms with Crippen molar-refractivity contribution in [2.45, 2.75) is 19.6 Å². The van der Waals surface area contributed by atoms with Crippen LogP contribution in [0, 0.1) is 0 Å². The first kappa shape index (κ1) is 16.9. The Balaban J connectivity index is 2.16. The number of nitrogens with zero attached hydrogens (tertiary/aromatic N) is 3. The third-order valence-electron chi connectivity index (χ3n) is 3.27. The molecule has 1 heterocycles. The highest BCUT2D eigenvalue weighted by atomic mass is 19.4. The second kappa shape index (κ2) is 6.72. The Morgan fingerprint density at radius 2 is 2.13 bits per heavy atom. The maximum Gasteiger partial charge on any atom is 0.419 e. The highest BCUT2D eigenvalue weighted by Gasteiger charge is 2.33. The Hall–Kier alpha value is -2.51. The van der Waals surface area contributed by atoms with Crippen molar-refractivity contribution in [2.75, 3.05) is 13.7 Å². The molecule has 0 atom stereocenters. The van der Waals surface area contributed by atoms with Gasteiger partial charge in [0.25, 0.3) is 0 Å². The van der Waals surface area contributed by atoms with E-state index >= 15 is 0 Å². The van der Waals surface area contributed by atoms with Crippen LogP contribution >= 0.6 is 0 Å². The summed E-state index contributed by atoms with van der Waals surface area (Å²) in [6.45, 7) is 2.32. The fraction of sp³-hybridized carbons (Fsp3) is 0.333. The molecule has 0 radical (unpaired) electrons. The van der Waals surface area contributed by atoms with Crippen molar-refractivity contribution in [1.29, 1.82) is 0 Å². The van der Waals surface area contributed by atoms with Crippen LogP contribution in [0.3, 0.4) is 0 Å². The first-order valence-corrected chi connectivity index (χ1v) is 6.89. The summed E-state index contributed by atoms with van der Waals surface area (Å²) in [7, 11) is 1.53. The molecule has 0 aliphatic heterocycles. The lowest BCUT2D eigenvalue weighted by molar-refractivity contribution is -0.137. The summed E-state index contributed by atoms with van der Waals surface area (Å²) < 4.78 is 43.6. The van der Waals surface area contributed by atoms with Crippen LogP contribution in [-0.4, -0.2) is 34.4 Å². The standard InChI is InChI=1S/C15H16F3N3O2/c1-3-20(9-11-5-4-6-13(7-11)23-2)14(22)21-10-12(8-19-21)15(16,17)18/h4-8,10H,3,9H2,1-2H3. The molecule has 2 rings (SSSR count). The van der Waals surface area contributed by atoms with E-state index in [1.807, 2.05) is 6.07 Å². The van der Waals surface area contributed by atoms with E-state index in [2.05, 4.69) is 5.10 Å². The SMILES string of the molecule is CCN(Cc1cccc(OC)c1)C(=O)n1cc(C(F)(F)F)cn1. The third kappa shape index (κ3) is 4.02. The van der Waals surface area contributed by atoms with Crippen molar-refractivity contribution in [3.05, 3.63) is 47.8 Å². The first-order valence-electron chi connectivity index (χ1n) is 6.89. The number of carbonyl (C=O) groups excluding carboxylic acids is 1. The van der Waals surface area contributed by atoms with Gasteiger partial charge in [-0.2, -0.15) is 23.0 Å². The zero-order valence-corrected chi connectivity index (χ0v) is 12.7. The van der Waals surface area contributed by atoms with E-state index < -0.39 is 17.8 Å².